The number of carbonyl (C=O) groups is 1. The van der Waals surface area contributed by atoms with Gasteiger partial charge in [0.25, 0.3) is 0 Å². The first kappa shape index (κ1) is 21.3. The Hall–Kier alpha value is -4.53. The van der Waals surface area contributed by atoms with Crippen LogP contribution in [0.15, 0.2) is 67.0 Å². The highest BCUT2D eigenvalue weighted by molar-refractivity contribution is 6.02. The highest BCUT2D eigenvalue weighted by Crippen LogP contribution is 2.38. The lowest BCUT2D eigenvalue weighted by Crippen LogP contribution is -2.05. The van der Waals surface area contributed by atoms with E-state index in [1.807, 2.05) is 53.1 Å². The van der Waals surface area contributed by atoms with Crippen molar-refractivity contribution in [3.05, 3.63) is 72.6 Å². The van der Waals surface area contributed by atoms with Gasteiger partial charge in [-0.25, -0.2) is 9.78 Å². The molecule has 0 aliphatic carbocycles. The van der Waals surface area contributed by atoms with E-state index in [0.29, 0.717) is 34.8 Å². The Balaban J connectivity index is 1.67. The third kappa shape index (κ3) is 3.77. The first-order valence-corrected chi connectivity index (χ1v) is 10.9. The van der Waals surface area contributed by atoms with Gasteiger partial charge in [-0.15, -0.1) is 10.2 Å². The van der Waals surface area contributed by atoms with Crippen LogP contribution in [0.25, 0.3) is 39.2 Å². The Labute approximate surface area is 195 Å². The summed E-state index contributed by atoms with van der Waals surface area (Å²) < 4.78 is 13.0. The Kier molecular flexibility index (Phi) is 5.73. The number of esters is 1. The number of aromatic amines is 1. The number of imidazole rings is 1. The molecule has 34 heavy (non-hydrogen) atoms. The molecule has 0 radical (unpaired) electrons. The Bertz CT molecular complexity index is 1460. The fraction of sp³-hybridized carbons (Fsp3) is 0.160. The van der Waals surface area contributed by atoms with Gasteiger partial charge < -0.3 is 9.47 Å². The van der Waals surface area contributed by atoms with Gasteiger partial charge >= 0.3 is 5.97 Å². The smallest absolute Gasteiger partial charge is 0.340 e. The number of fused-ring (bicyclic) bond motifs is 1. The van der Waals surface area contributed by atoms with E-state index in [0.717, 1.165) is 28.8 Å². The number of hydrogen-bond donors (Lipinski definition) is 1. The molecule has 0 bridgehead atoms. The van der Waals surface area contributed by atoms with Gasteiger partial charge in [-0.2, -0.15) is 5.21 Å². The number of carbonyl (C=O) groups excluding carboxylic acids is 1. The van der Waals surface area contributed by atoms with Crippen molar-refractivity contribution in [1.82, 2.24) is 30.2 Å². The molecule has 1 N–H and O–H groups in total. The maximum absolute atomic E-state index is 12.4. The molecule has 170 valence electrons. The van der Waals surface area contributed by atoms with E-state index in [-0.39, 0.29) is 0 Å². The first-order chi connectivity index (χ1) is 16.7. The van der Waals surface area contributed by atoms with Gasteiger partial charge in [-0.05, 0) is 41.5 Å². The van der Waals surface area contributed by atoms with Crippen LogP contribution >= 0.6 is 0 Å². The van der Waals surface area contributed by atoms with E-state index >= 15 is 0 Å². The third-order valence-electron chi connectivity index (χ3n) is 5.48. The highest BCUT2D eigenvalue weighted by Gasteiger charge is 2.19. The van der Waals surface area contributed by atoms with Gasteiger partial charge in [-0.3, -0.25) is 4.57 Å². The van der Waals surface area contributed by atoms with Crippen molar-refractivity contribution < 1.29 is 14.3 Å². The largest absolute Gasteiger partial charge is 0.493 e. The van der Waals surface area contributed by atoms with Crippen LogP contribution in [0.1, 0.15) is 23.7 Å². The van der Waals surface area contributed by atoms with Gasteiger partial charge in [0.05, 0.1) is 36.0 Å². The van der Waals surface area contributed by atoms with Gasteiger partial charge in [0.15, 0.2) is 0 Å². The molecule has 0 atom stereocenters. The zero-order valence-corrected chi connectivity index (χ0v) is 18.7. The van der Waals surface area contributed by atoms with Crippen molar-refractivity contribution in [3.8, 4) is 34.0 Å². The molecule has 0 saturated carbocycles. The van der Waals surface area contributed by atoms with Crippen LogP contribution in [0.2, 0.25) is 0 Å². The molecule has 9 heteroatoms. The monoisotopic (exact) mass is 454 g/mol. The highest BCUT2D eigenvalue weighted by atomic mass is 16.5. The quantitative estimate of drug-likeness (QED) is 0.362. The normalized spacial score (nSPS) is 11.0. The summed E-state index contributed by atoms with van der Waals surface area (Å²) >= 11 is 0. The van der Waals surface area contributed by atoms with Gasteiger partial charge in [0.1, 0.15) is 12.1 Å². The molecule has 3 aromatic carbocycles. The van der Waals surface area contributed by atoms with Crippen molar-refractivity contribution in [2.24, 2.45) is 0 Å². The Morgan fingerprint density at radius 1 is 1.03 bits per heavy atom. The molecule has 2 heterocycles. The summed E-state index contributed by atoms with van der Waals surface area (Å²) in [7, 11) is 1.37. The predicted octanol–water partition coefficient (Wildman–Crippen LogP) is 4.45. The SMILES string of the molecule is CCCOc1cc(-n2cnc3cccc(C(=O)OC)c32)ccc1-c1ccccc1-c1nn[nH]n1. The molecule has 5 rings (SSSR count). The summed E-state index contributed by atoms with van der Waals surface area (Å²) in [6, 6.07) is 19.1. The summed E-state index contributed by atoms with van der Waals surface area (Å²) in [6.07, 6.45) is 2.56. The molecule has 0 saturated heterocycles. The van der Waals surface area contributed by atoms with Crippen LogP contribution in [0, 0.1) is 0 Å². The van der Waals surface area contributed by atoms with Crippen molar-refractivity contribution in [2.45, 2.75) is 13.3 Å². The summed E-state index contributed by atoms with van der Waals surface area (Å²) in [4.78, 5) is 16.9. The Morgan fingerprint density at radius 2 is 1.88 bits per heavy atom. The summed E-state index contributed by atoms with van der Waals surface area (Å²) in [5.74, 6) is 0.789. The number of benzene rings is 3. The van der Waals surface area contributed by atoms with Crippen LogP contribution in [-0.2, 0) is 4.74 Å². The zero-order valence-electron chi connectivity index (χ0n) is 18.7. The van der Waals surface area contributed by atoms with Crippen molar-refractivity contribution in [1.29, 1.82) is 0 Å². The lowest BCUT2D eigenvalue weighted by Gasteiger charge is -2.16. The van der Waals surface area contributed by atoms with Crippen LogP contribution in [0.3, 0.4) is 0 Å². The molecule has 5 aromatic rings. The second-order valence-electron chi connectivity index (χ2n) is 7.59. The van der Waals surface area contributed by atoms with Crippen molar-refractivity contribution >= 4 is 17.0 Å². The maximum atomic E-state index is 12.4. The molecule has 0 aliphatic rings. The lowest BCUT2D eigenvalue weighted by molar-refractivity contribution is 0.0602. The van der Waals surface area contributed by atoms with Crippen LogP contribution in [-0.4, -0.2) is 49.9 Å². The number of hydrogen-bond acceptors (Lipinski definition) is 7. The summed E-state index contributed by atoms with van der Waals surface area (Å²) in [5.41, 5.74) is 5.29. The fourth-order valence-corrected chi connectivity index (χ4v) is 3.94. The molecular formula is C25H22N6O3. The molecule has 0 fully saturated rings. The fourth-order valence-electron chi connectivity index (χ4n) is 3.94. The Morgan fingerprint density at radius 3 is 2.65 bits per heavy atom. The van der Waals surface area contributed by atoms with Gasteiger partial charge in [0.2, 0.25) is 5.82 Å². The molecule has 9 nitrogen and oxygen atoms in total. The number of nitrogens with one attached hydrogen (secondary N) is 1. The second-order valence-corrected chi connectivity index (χ2v) is 7.59. The van der Waals surface area contributed by atoms with E-state index in [1.54, 1.807) is 18.5 Å². The van der Waals surface area contributed by atoms with E-state index in [9.17, 15) is 4.79 Å². The minimum atomic E-state index is -0.416. The molecule has 0 unspecified atom stereocenters. The average molecular weight is 454 g/mol. The minimum Gasteiger partial charge on any atom is -0.493 e. The second kappa shape index (κ2) is 9.14. The predicted molar refractivity (Wildman–Crippen MR) is 127 cm³/mol. The van der Waals surface area contributed by atoms with E-state index < -0.39 is 5.97 Å². The number of tetrazole rings is 1. The zero-order chi connectivity index (χ0) is 23.5. The van der Waals surface area contributed by atoms with Gasteiger partial charge in [0, 0.05) is 17.2 Å². The average Bonchev–Trinajstić information content (AvgIpc) is 3.57. The molecule has 0 aliphatic heterocycles. The molecule has 0 spiro atoms. The number of para-hydroxylation sites is 1. The number of H-pyrrole nitrogens is 1. The van der Waals surface area contributed by atoms with Crippen LogP contribution in [0.5, 0.6) is 5.75 Å². The van der Waals surface area contributed by atoms with E-state index in [4.69, 9.17) is 9.47 Å². The molecule has 2 aromatic heterocycles. The summed E-state index contributed by atoms with van der Waals surface area (Å²) in [5, 5.41) is 14.5. The standard InChI is InChI=1S/C25H22N6O3/c1-3-13-34-22-14-16(31-15-26-21-10-6-9-20(23(21)31)25(32)33-2)11-12-18(22)17-7-4-5-8-19(17)24-27-29-30-28-24/h4-12,14-15H,3,13H2,1-2H3,(H,27,28,29,30). The van der Waals surface area contributed by atoms with Gasteiger partial charge in [-0.1, -0.05) is 37.3 Å². The van der Waals surface area contributed by atoms with Crippen molar-refractivity contribution in [2.75, 3.05) is 13.7 Å². The summed E-state index contributed by atoms with van der Waals surface area (Å²) in [6.45, 7) is 2.61. The van der Waals surface area contributed by atoms with Crippen LogP contribution in [0.4, 0.5) is 0 Å². The number of nitrogens with zero attached hydrogens (tertiary/aromatic N) is 5. The minimum absolute atomic E-state index is 0.416. The number of ether oxygens (including phenoxy) is 2. The topological polar surface area (TPSA) is 108 Å². The van der Waals surface area contributed by atoms with Crippen molar-refractivity contribution in [3.63, 3.8) is 0 Å². The third-order valence-corrected chi connectivity index (χ3v) is 5.48. The maximum Gasteiger partial charge on any atom is 0.340 e. The number of rotatable bonds is 7. The molecule has 0 amide bonds. The van der Waals surface area contributed by atoms with Crippen LogP contribution < -0.4 is 4.74 Å². The molecular weight excluding hydrogens is 432 g/mol. The van der Waals surface area contributed by atoms with E-state index in [2.05, 4.69) is 32.5 Å². The number of methoxy groups -OCH3 is 1. The number of aromatic nitrogens is 6. The lowest BCUT2D eigenvalue weighted by atomic mass is 9.98. The first-order valence-electron chi connectivity index (χ1n) is 10.9. The van der Waals surface area contributed by atoms with E-state index in [1.165, 1.54) is 7.11 Å².